The minimum Gasteiger partial charge on any atom is -0.370 e. The Labute approximate surface area is 125 Å². The van der Waals surface area contributed by atoms with Gasteiger partial charge in [-0.2, -0.15) is 0 Å². The van der Waals surface area contributed by atoms with E-state index in [0.29, 0.717) is 5.92 Å². The quantitative estimate of drug-likeness (QED) is 0.864. The van der Waals surface area contributed by atoms with Gasteiger partial charge >= 0.3 is 0 Å². The minimum atomic E-state index is 0.338. The summed E-state index contributed by atoms with van der Waals surface area (Å²) in [7, 11) is 0. The van der Waals surface area contributed by atoms with E-state index in [2.05, 4.69) is 36.1 Å². The number of aromatic nitrogens is 2. The first-order valence-corrected chi connectivity index (χ1v) is 7.36. The lowest BCUT2D eigenvalue weighted by atomic mass is 9.97. The fraction of sp³-hybridized carbons (Fsp3) is 0.375. The van der Waals surface area contributed by atoms with E-state index in [1.54, 1.807) is 6.33 Å². The van der Waals surface area contributed by atoms with Crippen molar-refractivity contribution in [3.05, 3.63) is 41.2 Å². The maximum Gasteiger partial charge on any atom is 0.133 e. The number of anilines is 1. The van der Waals surface area contributed by atoms with Crippen LogP contribution >= 0.6 is 11.6 Å². The SMILES string of the molecule is CCCNc1ncnc(-c2cccc(Cl)c2)c1C(C)C. The van der Waals surface area contributed by atoms with Crippen LogP contribution in [0.4, 0.5) is 5.82 Å². The number of halogens is 1. The molecule has 0 amide bonds. The molecular formula is C16H20ClN3. The summed E-state index contributed by atoms with van der Waals surface area (Å²) in [6, 6.07) is 7.80. The van der Waals surface area contributed by atoms with Gasteiger partial charge in [0.2, 0.25) is 0 Å². The second-order valence-electron chi connectivity index (χ2n) is 5.08. The molecule has 0 radical (unpaired) electrons. The summed E-state index contributed by atoms with van der Waals surface area (Å²) in [5.41, 5.74) is 3.13. The summed E-state index contributed by atoms with van der Waals surface area (Å²) in [5.74, 6) is 1.26. The topological polar surface area (TPSA) is 37.8 Å². The molecule has 0 aliphatic rings. The third kappa shape index (κ3) is 3.28. The van der Waals surface area contributed by atoms with Gasteiger partial charge in [-0.05, 0) is 24.5 Å². The Morgan fingerprint density at radius 3 is 2.70 bits per heavy atom. The zero-order chi connectivity index (χ0) is 14.5. The molecule has 1 aromatic carbocycles. The standard InChI is InChI=1S/C16H20ClN3/c1-4-8-18-16-14(11(2)3)15(19-10-20-16)12-6-5-7-13(17)9-12/h5-7,9-11H,4,8H2,1-3H3,(H,18,19,20). The van der Waals surface area contributed by atoms with Crippen molar-refractivity contribution in [2.45, 2.75) is 33.1 Å². The number of nitrogens with one attached hydrogen (secondary N) is 1. The summed E-state index contributed by atoms with van der Waals surface area (Å²) in [6.07, 6.45) is 2.67. The molecule has 20 heavy (non-hydrogen) atoms. The van der Waals surface area contributed by atoms with Gasteiger partial charge in [0, 0.05) is 22.7 Å². The van der Waals surface area contributed by atoms with Crippen molar-refractivity contribution in [2.24, 2.45) is 0 Å². The van der Waals surface area contributed by atoms with Gasteiger partial charge in [0.15, 0.2) is 0 Å². The summed E-state index contributed by atoms with van der Waals surface area (Å²) < 4.78 is 0. The van der Waals surface area contributed by atoms with Gasteiger partial charge in [-0.1, -0.05) is 44.5 Å². The Morgan fingerprint density at radius 2 is 2.05 bits per heavy atom. The molecule has 1 aromatic heterocycles. The van der Waals surface area contributed by atoms with Crippen molar-refractivity contribution < 1.29 is 0 Å². The molecule has 0 saturated heterocycles. The van der Waals surface area contributed by atoms with E-state index in [0.717, 1.165) is 40.6 Å². The van der Waals surface area contributed by atoms with E-state index in [1.807, 2.05) is 24.3 Å². The van der Waals surface area contributed by atoms with Crippen LogP contribution < -0.4 is 5.32 Å². The molecule has 0 unspecified atom stereocenters. The highest BCUT2D eigenvalue weighted by Gasteiger charge is 2.16. The monoisotopic (exact) mass is 289 g/mol. The van der Waals surface area contributed by atoms with E-state index in [1.165, 1.54) is 0 Å². The van der Waals surface area contributed by atoms with Crippen LogP contribution in [0.2, 0.25) is 5.02 Å². The molecule has 4 heteroatoms. The molecule has 1 N–H and O–H groups in total. The zero-order valence-electron chi connectivity index (χ0n) is 12.2. The molecule has 106 valence electrons. The zero-order valence-corrected chi connectivity index (χ0v) is 12.9. The Bertz CT molecular complexity index is 582. The van der Waals surface area contributed by atoms with Crippen LogP contribution in [0.15, 0.2) is 30.6 Å². The van der Waals surface area contributed by atoms with Crippen LogP contribution in [0.3, 0.4) is 0 Å². The van der Waals surface area contributed by atoms with Crippen LogP contribution in [-0.4, -0.2) is 16.5 Å². The first-order chi connectivity index (χ1) is 9.63. The van der Waals surface area contributed by atoms with E-state index < -0.39 is 0 Å². The Balaban J connectivity index is 2.52. The van der Waals surface area contributed by atoms with Crippen molar-refractivity contribution in [3.63, 3.8) is 0 Å². The van der Waals surface area contributed by atoms with Gasteiger partial charge in [0.05, 0.1) is 5.69 Å². The summed E-state index contributed by atoms with van der Waals surface area (Å²) in [6.45, 7) is 7.36. The van der Waals surface area contributed by atoms with Crippen LogP contribution in [-0.2, 0) is 0 Å². The van der Waals surface area contributed by atoms with E-state index in [-0.39, 0.29) is 0 Å². The maximum atomic E-state index is 6.09. The van der Waals surface area contributed by atoms with E-state index >= 15 is 0 Å². The van der Waals surface area contributed by atoms with E-state index in [9.17, 15) is 0 Å². The van der Waals surface area contributed by atoms with Crippen molar-refractivity contribution >= 4 is 17.4 Å². The first-order valence-electron chi connectivity index (χ1n) is 6.98. The van der Waals surface area contributed by atoms with Crippen molar-refractivity contribution in [3.8, 4) is 11.3 Å². The average molecular weight is 290 g/mol. The number of hydrogen-bond acceptors (Lipinski definition) is 3. The molecule has 0 fully saturated rings. The summed E-state index contributed by atoms with van der Waals surface area (Å²) in [5, 5.41) is 4.11. The molecule has 0 atom stereocenters. The molecule has 1 heterocycles. The smallest absolute Gasteiger partial charge is 0.133 e. The average Bonchev–Trinajstić information content (AvgIpc) is 2.44. The molecule has 0 saturated carbocycles. The molecule has 0 aliphatic carbocycles. The highest BCUT2D eigenvalue weighted by atomic mass is 35.5. The van der Waals surface area contributed by atoms with Crippen molar-refractivity contribution in [1.82, 2.24) is 9.97 Å². The van der Waals surface area contributed by atoms with Gasteiger partial charge in [0.1, 0.15) is 12.1 Å². The highest BCUT2D eigenvalue weighted by Crippen LogP contribution is 2.32. The van der Waals surface area contributed by atoms with E-state index in [4.69, 9.17) is 11.6 Å². The number of rotatable bonds is 5. The minimum absolute atomic E-state index is 0.338. The van der Waals surface area contributed by atoms with Gasteiger partial charge in [0.25, 0.3) is 0 Å². The maximum absolute atomic E-state index is 6.09. The van der Waals surface area contributed by atoms with Crippen molar-refractivity contribution in [2.75, 3.05) is 11.9 Å². The predicted molar refractivity (Wildman–Crippen MR) is 85.3 cm³/mol. The van der Waals surface area contributed by atoms with Crippen LogP contribution in [0.5, 0.6) is 0 Å². The normalized spacial score (nSPS) is 10.8. The molecular weight excluding hydrogens is 270 g/mol. The molecule has 3 nitrogen and oxygen atoms in total. The van der Waals surface area contributed by atoms with Crippen LogP contribution in [0.25, 0.3) is 11.3 Å². The predicted octanol–water partition coefficient (Wildman–Crippen LogP) is 4.74. The number of hydrogen-bond donors (Lipinski definition) is 1. The Kier molecular flexibility index (Phi) is 4.96. The third-order valence-corrected chi connectivity index (χ3v) is 3.34. The van der Waals surface area contributed by atoms with Gasteiger partial charge in [-0.15, -0.1) is 0 Å². The third-order valence-electron chi connectivity index (χ3n) is 3.10. The summed E-state index contributed by atoms with van der Waals surface area (Å²) in [4.78, 5) is 8.86. The molecule has 2 aromatic rings. The fourth-order valence-corrected chi connectivity index (χ4v) is 2.38. The van der Waals surface area contributed by atoms with Gasteiger partial charge in [-0.25, -0.2) is 9.97 Å². The lowest BCUT2D eigenvalue weighted by Crippen LogP contribution is -2.08. The number of nitrogens with zero attached hydrogens (tertiary/aromatic N) is 2. The molecule has 0 aliphatic heterocycles. The largest absolute Gasteiger partial charge is 0.370 e. The number of benzene rings is 1. The van der Waals surface area contributed by atoms with Crippen molar-refractivity contribution in [1.29, 1.82) is 0 Å². The fourth-order valence-electron chi connectivity index (χ4n) is 2.19. The first kappa shape index (κ1) is 14.8. The highest BCUT2D eigenvalue weighted by molar-refractivity contribution is 6.30. The second kappa shape index (κ2) is 6.71. The lowest BCUT2D eigenvalue weighted by Gasteiger charge is -2.17. The Hall–Kier alpha value is -1.61. The van der Waals surface area contributed by atoms with Crippen LogP contribution in [0, 0.1) is 0 Å². The molecule has 0 spiro atoms. The Morgan fingerprint density at radius 1 is 1.25 bits per heavy atom. The van der Waals surface area contributed by atoms with Gasteiger partial charge < -0.3 is 5.32 Å². The second-order valence-corrected chi connectivity index (χ2v) is 5.51. The molecule has 2 rings (SSSR count). The lowest BCUT2D eigenvalue weighted by molar-refractivity contribution is 0.844. The van der Waals surface area contributed by atoms with Gasteiger partial charge in [-0.3, -0.25) is 0 Å². The van der Waals surface area contributed by atoms with Crippen LogP contribution in [0.1, 0.15) is 38.7 Å². The summed E-state index contributed by atoms with van der Waals surface area (Å²) >= 11 is 6.09. The molecule has 0 bridgehead atoms.